The number of hydrogen-bond donors (Lipinski definition) is 1. The number of benzene rings is 1. The molecule has 3 heterocycles. The van der Waals surface area contributed by atoms with Crippen LogP contribution in [-0.4, -0.2) is 25.8 Å². The Morgan fingerprint density at radius 1 is 1.14 bits per heavy atom. The fraction of sp³-hybridized carbons (Fsp3) is 0.143. The Bertz CT molecular complexity index is 1150. The van der Waals surface area contributed by atoms with E-state index in [0.29, 0.717) is 17.1 Å². The quantitative estimate of drug-likeness (QED) is 0.592. The standard InChI is InChI=1S/C21H17N5O2/c27-21(18-11-20(28-25-18)17-8-1-2-10-22-17)24-15-12-23-26(13-15)19-9-4-6-14-5-3-7-16(14)19/h1-2,4,6,8-13H,3,5,7H2,(H,24,27). The highest BCUT2D eigenvalue weighted by molar-refractivity contribution is 6.03. The largest absolute Gasteiger partial charge is 0.354 e. The normalized spacial score (nSPS) is 12.7. The first-order valence-corrected chi connectivity index (χ1v) is 9.13. The van der Waals surface area contributed by atoms with Gasteiger partial charge in [-0.15, -0.1) is 0 Å². The molecule has 138 valence electrons. The number of amides is 1. The van der Waals surface area contributed by atoms with Crippen molar-refractivity contribution >= 4 is 11.6 Å². The van der Waals surface area contributed by atoms with Gasteiger partial charge in [0.25, 0.3) is 5.91 Å². The average Bonchev–Trinajstić information content (AvgIpc) is 3.48. The third kappa shape index (κ3) is 2.96. The molecule has 5 rings (SSSR count). The molecule has 1 N–H and O–H groups in total. The molecule has 0 spiro atoms. The van der Waals surface area contributed by atoms with Crippen molar-refractivity contribution in [1.29, 1.82) is 0 Å². The summed E-state index contributed by atoms with van der Waals surface area (Å²) in [6.07, 6.45) is 8.44. The zero-order valence-corrected chi connectivity index (χ0v) is 15.0. The molecule has 1 aromatic carbocycles. The Morgan fingerprint density at radius 3 is 3.00 bits per heavy atom. The summed E-state index contributed by atoms with van der Waals surface area (Å²) in [7, 11) is 0. The SMILES string of the molecule is O=C(Nc1cnn(-c2cccc3c2CCC3)c1)c1cc(-c2ccccn2)on1. The molecule has 0 fully saturated rings. The van der Waals surface area contributed by atoms with Gasteiger partial charge in [-0.25, -0.2) is 4.68 Å². The van der Waals surface area contributed by atoms with E-state index >= 15 is 0 Å². The number of rotatable bonds is 4. The van der Waals surface area contributed by atoms with Crippen LogP contribution in [0.4, 0.5) is 5.69 Å². The third-order valence-electron chi connectivity index (χ3n) is 4.87. The van der Waals surface area contributed by atoms with Crippen molar-refractivity contribution in [3.05, 3.63) is 77.9 Å². The topological polar surface area (TPSA) is 85.8 Å². The van der Waals surface area contributed by atoms with Gasteiger partial charge in [0.2, 0.25) is 0 Å². The third-order valence-corrected chi connectivity index (χ3v) is 4.87. The first-order chi connectivity index (χ1) is 13.8. The molecule has 0 saturated heterocycles. The van der Waals surface area contributed by atoms with E-state index in [1.165, 1.54) is 17.5 Å². The molecule has 0 bridgehead atoms. The molecule has 3 aromatic heterocycles. The van der Waals surface area contributed by atoms with Crippen LogP contribution in [0.15, 0.2) is 65.6 Å². The molecule has 7 nitrogen and oxygen atoms in total. The molecule has 1 amide bonds. The van der Waals surface area contributed by atoms with E-state index in [9.17, 15) is 4.79 Å². The Hall–Kier alpha value is -3.74. The van der Waals surface area contributed by atoms with Crippen LogP contribution in [0, 0.1) is 0 Å². The summed E-state index contributed by atoms with van der Waals surface area (Å²) in [6.45, 7) is 0. The lowest BCUT2D eigenvalue weighted by atomic mass is 10.1. The molecule has 1 aliphatic carbocycles. The summed E-state index contributed by atoms with van der Waals surface area (Å²) in [5, 5.41) is 11.1. The van der Waals surface area contributed by atoms with Gasteiger partial charge in [0.1, 0.15) is 5.69 Å². The molecular weight excluding hydrogens is 354 g/mol. The van der Waals surface area contributed by atoms with Crippen molar-refractivity contribution in [2.75, 3.05) is 5.32 Å². The summed E-state index contributed by atoms with van der Waals surface area (Å²) < 4.78 is 7.05. The number of aryl methyl sites for hydroxylation is 1. The maximum atomic E-state index is 12.5. The first-order valence-electron chi connectivity index (χ1n) is 9.13. The van der Waals surface area contributed by atoms with Gasteiger partial charge in [0, 0.05) is 12.3 Å². The number of carbonyl (C=O) groups excluding carboxylic acids is 1. The summed E-state index contributed by atoms with van der Waals surface area (Å²) in [4.78, 5) is 16.7. The maximum absolute atomic E-state index is 12.5. The van der Waals surface area contributed by atoms with E-state index in [4.69, 9.17) is 4.52 Å². The van der Waals surface area contributed by atoms with Crippen LogP contribution in [-0.2, 0) is 12.8 Å². The van der Waals surface area contributed by atoms with Crippen LogP contribution >= 0.6 is 0 Å². The lowest BCUT2D eigenvalue weighted by molar-refractivity contribution is 0.101. The highest BCUT2D eigenvalue weighted by Gasteiger charge is 2.18. The van der Waals surface area contributed by atoms with Gasteiger partial charge < -0.3 is 9.84 Å². The minimum absolute atomic E-state index is 0.189. The van der Waals surface area contributed by atoms with E-state index in [2.05, 4.69) is 32.7 Å². The molecule has 1 aliphatic rings. The summed E-state index contributed by atoms with van der Waals surface area (Å²) >= 11 is 0. The molecule has 0 saturated carbocycles. The van der Waals surface area contributed by atoms with E-state index in [-0.39, 0.29) is 11.6 Å². The van der Waals surface area contributed by atoms with Crippen molar-refractivity contribution in [3.63, 3.8) is 0 Å². The molecule has 0 unspecified atom stereocenters. The minimum atomic E-state index is -0.358. The molecule has 0 atom stereocenters. The van der Waals surface area contributed by atoms with E-state index in [1.54, 1.807) is 24.5 Å². The number of pyridine rings is 1. The predicted octanol–water partition coefficient (Wildman–Crippen LogP) is 3.66. The summed E-state index contributed by atoms with van der Waals surface area (Å²) in [5.74, 6) is 0.0880. The van der Waals surface area contributed by atoms with Gasteiger partial charge in [-0.1, -0.05) is 23.4 Å². The van der Waals surface area contributed by atoms with Gasteiger partial charge in [-0.2, -0.15) is 5.10 Å². The number of anilines is 1. The molecule has 0 aliphatic heterocycles. The smallest absolute Gasteiger partial charge is 0.277 e. The lowest BCUT2D eigenvalue weighted by Gasteiger charge is -2.07. The van der Waals surface area contributed by atoms with Crippen LogP contribution in [0.2, 0.25) is 0 Å². The Labute approximate surface area is 161 Å². The van der Waals surface area contributed by atoms with Gasteiger partial charge in [0.15, 0.2) is 11.5 Å². The van der Waals surface area contributed by atoms with Crippen molar-refractivity contribution in [2.24, 2.45) is 0 Å². The molecule has 0 radical (unpaired) electrons. The van der Waals surface area contributed by atoms with E-state index in [0.717, 1.165) is 18.5 Å². The second-order valence-electron chi connectivity index (χ2n) is 6.69. The lowest BCUT2D eigenvalue weighted by Crippen LogP contribution is -2.11. The summed E-state index contributed by atoms with van der Waals surface area (Å²) in [6, 6.07) is 13.3. The van der Waals surface area contributed by atoms with Crippen LogP contribution < -0.4 is 5.32 Å². The number of nitrogens with one attached hydrogen (secondary N) is 1. The molecule has 7 heteroatoms. The van der Waals surface area contributed by atoms with Crippen molar-refractivity contribution in [1.82, 2.24) is 19.9 Å². The van der Waals surface area contributed by atoms with E-state index in [1.807, 2.05) is 29.1 Å². The zero-order chi connectivity index (χ0) is 18.9. The maximum Gasteiger partial charge on any atom is 0.277 e. The zero-order valence-electron chi connectivity index (χ0n) is 15.0. The number of aromatic nitrogens is 4. The van der Waals surface area contributed by atoms with Crippen LogP contribution in [0.1, 0.15) is 28.0 Å². The number of nitrogens with zero attached hydrogens (tertiary/aromatic N) is 4. The van der Waals surface area contributed by atoms with Gasteiger partial charge in [-0.3, -0.25) is 9.78 Å². The fourth-order valence-electron chi connectivity index (χ4n) is 3.54. The van der Waals surface area contributed by atoms with Crippen molar-refractivity contribution < 1.29 is 9.32 Å². The highest BCUT2D eigenvalue weighted by Crippen LogP contribution is 2.28. The van der Waals surface area contributed by atoms with Gasteiger partial charge in [-0.05, 0) is 48.6 Å². The second-order valence-corrected chi connectivity index (χ2v) is 6.69. The molecule has 4 aromatic rings. The van der Waals surface area contributed by atoms with Gasteiger partial charge in [0.05, 0.1) is 23.8 Å². The Morgan fingerprint density at radius 2 is 2.11 bits per heavy atom. The number of carbonyl (C=O) groups is 1. The molecular formula is C21H17N5O2. The van der Waals surface area contributed by atoms with E-state index < -0.39 is 0 Å². The van der Waals surface area contributed by atoms with Gasteiger partial charge >= 0.3 is 0 Å². The average molecular weight is 371 g/mol. The Kier molecular flexibility index (Phi) is 3.97. The van der Waals surface area contributed by atoms with Crippen LogP contribution in [0.5, 0.6) is 0 Å². The van der Waals surface area contributed by atoms with Crippen molar-refractivity contribution in [2.45, 2.75) is 19.3 Å². The highest BCUT2D eigenvalue weighted by atomic mass is 16.5. The number of fused-ring (bicyclic) bond motifs is 1. The predicted molar refractivity (Wildman–Crippen MR) is 103 cm³/mol. The number of hydrogen-bond acceptors (Lipinski definition) is 5. The first kappa shape index (κ1) is 16.4. The fourth-order valence-corrected chi connectivity index (χ4v) is 3.54. The monoisotopic (exact) mass is 371 g/mol. The second kappa shape index (κ2) is 6.77. The minimum Gasteiger partial charge on any atom is -0.354 e. The van der Waals surface area contributed by atoms with Crippen LogP contribution in [0.25, 0.3) is 17.1 Å². The molecule has 28 heavy (non-hydrogen) atoms. The van der Waals surface area contributed by atoms with Crippen molar-refractivity contribution in [3.8, 4) is 17.1 Å². The Balaban J connectivity index is 1.35. The summed E-state index contributed by atoms with van der Waals surface area (Å²) in [5.41, 5.74) is 5.19. The van der Waals surface area contributed by atoms with Crippen LogP contribution in [0.3, 0.4) is 0 Å².